The zero-order chi connectivity index (χ0) is 11.4. The van der Waals surface area contributed by atoms with Crippen LogP contribution in [0, 0.1) is 15.9 Å². The summed E-state index contributed by atoms with van der Waals surface area (Å²) in [5.74, 6) is -0.830. The minimum atomic E-state index is -0.830. The Morgan fingerprint density at radius 3 is 2.73 bits per heavy atom. The summed E-state index contributed by atoms with van der Waals surface area (Å²) in [6, 6.07) is 3.79. The number of benzene rings is 1. The van der Waals surface area contributed by atoms with Crippen LogP contribution in [-0.2, 0) is 6.42 Å². The number of halogens is 1. The number of nitrogens with zero attached hydrogens (tertiary/aromatic N) is 1. The third kappa shape index (κ3) is 3.28. The Labute approximate surface area is 86.5 Å². The minimum Gasteiger partial charge on any atom is -0.393 e. The molecule has 82 valence electrons. The van der Waals surface area contributed by atoms with Gasteiger partial charge in [-0.3, -0.25) is 10.1 Å². The number of hydrogen-bond acceptors (Lipinski definition) is 3. The second-order valence-electron chi connectivity index (χ2n) is 3.43. The van der Waals surface area contributed by atoms with Crippen molar-refractivity contribution in [3.63, 3.8) is 0 Å². The van der Waals surface area contributed by atoms with Crippen molar-refractivity contribution in [2.45, 2.75) is 25.9 Å². The summed E-state index contributed by atoms with van der Waals surface area (Å²) in [5, 5.41) is 19.3. The fraction of sp³-hybridized carbons (Fsp3) is 0.400. The van der Waals surface area contributed by atoms with Gasteiger partial charge in [0.1, 0.15) is 0 Å². The summed E-state index contributed by atoms with van der Waals surface area (Å²) in [7, 11) is 0. The molecule has 1 aromatic rings. The smallest absolute Gasteiger partial charge is 0.304 e. The Kier molecular flexibility index (Phi) is 3.74. The first-order valence-corrected chi connectivity index (χ1v) is 4.61. The number of aliphatic hydroxyl groups is 1. The van der Waals surface area contributed by atoms with Crippen LogP contribution in [0.3, 0.4) is 0 Å². The normalized spacial score (nSPS) is 12.5. The minimum absolute atomic E-state index is 0.455. The lowest BCUT2D eigenvalue weighted by Gasteiger charge is -2.04. The molecule has 15 heavy (non-hydrogen) atoms. The van der Waals surface area contributed by atoms with Crippen LogP contribution in [0.1, 0.15) is 18.9 Å². The van der Waals surface area contributed by atoms with Gasteiger partial charge in [-0.25, -0.2) is 0 Å². The van der Waals surface area contributed by atoms with Gasteiger partial charge in [0.25, 0.3) is 0 Å². The number of nitro groups is 1. The molecule has 4 nitrogen and oxygen atoms in total. The van der Waals surface area contributed by atoms with E-state index in [2.05, 4.69) is 0 Å². The van der Waals surface area contributed by atoms with Gasteiger partial charge in [-0.05, 0) is 31.4 Å². The molecule has 1 aromatic carbocycles. The predicted molar refractivity (Wildman–Crippen MR) is 53.1 cm³/mol. The maximum absolute atomic E-state index is 13.1. The molecule has 0 saturated carbocycles. The lowest BCUT2D eigenvalue weighted by molar-refractivity contribution is -0.387. The van der Waals surface area contributed by atoms with Gasteiger partial charge in [0, 0.05) is 6.07 Å². The zero-order valence-corrected chi connectivity index (χ0v) is 8.31. The molecule has 0 aliphatic carbocycles. The Balaban J connectivity index is 2.78. The van der Waals surface area contributed by atoms with Gasteiger partial charge in [-0.1, -0.05) is 6.07 Å². The predicted octanol–water partition coefficient (Wildman–Crippen LogP) is 2.05. The first-order chi connectivity index (χ1) is 7.00. The van der Waals surface area contributed by atoms with Crippen molar-refractivity contribution < 1.29 is 14.4 Å². The van der Waals surface area contributed by atoms with E-state index in [1.165, 1.54) is 6.07 Å². The number of rotatable bonds is 4. The Hall–Kier alpha value is -1.49. The molecule has 1 N–H and O–H groups in total. The van der Waals surface area contributed by atoms with Crippen LogP contribution in [0.25, 0.3) is 0 Å². The summed E-state index contributed by atoms with van der Waals surface area (Å²) in [5.41, 5.74) is 0.134. The van der Waals surface area contributed by atoms with Crippen LogP contribution in [0.15, 0.2) is 18.2 Å². The van der Waals surface area contributed by atoms with Gasteiger partial charge in [-0.15, -0.1) is 0 Å². The average molecular weight is 213 g/mol. The van der Waals surface area contributed by atoms with Crippen LogP contribution in [-0.4, -0.2) is 16.1 Å². The monoisotopic (exact) mass is 213 g/mol. The van der Waals surface area contributed by atoms with Gasteiger partial charge in [0.15, 0.2) is 0 Å². The largest absolute Gasteiger partial charge is 0.393 e. The SMILES string of the molecule is CC(O)CCc1ccc([N+](=O)[O-])c(F)c1. The van der Waals surface area contributed by atoms with Crippen molar-refractivity contribution >= 4 is 5.69 Å². The Bertz CT molecular complexity index is 366. The second kappa shape index (κ2) is 4.84. The quantitative estimate of drug-likeness (QED) is 0.615. The topological polar surface area (TPSA) is 63.4 Å². The van der Waals surface area contributed by atoms with E-state index in [1.54, 1.807) is 6.92 Å². The van der Waals surface area contributed by atoms with E-state index < -0.39 is 22.5 Å². The summed E-state index contributed by atoms with van der Waals surface area (Å²) < 4.78 is 13.1. The van der Waals surface area contributed by atoms with Crippen LogP contribution >= 0.6 is 0 Å². The molecule has 0 fully saturated rings. The van der Waals surface area contributed by atoms with E-state index in [9.17, 15) is 14.5 Å². The van der Waals surface area contributed by atoms with Gasteiger partial charge >= 0.3 is 5.69 Å². The van der Waals surface area contributed by atoms with Crippen molar-refractivity contribution in [3.05, 3.63) is 39.7 Å². The molecule has 1 rings (SSSR count). The summed E-state index contributed by atoms with van der Waals surface area (Å²) in [6.45, 7) is 1.64. The van der Waals surface area contributed by atoms with Gasteiger partial charge < -0.3 is 5.11 Å². The van der Waals surface area contributed by atoms with Gasteiger partial charge in [-0.2, -0.15) is 4.39 Å². The molecular weight excluding hydrogens is 201 g/mol. The zero-order valence-electron chi connectivity index (χ0n) is 8.31. The fourth-order valence-electron chi connectivity index (χ4n) is 1.23. The number of aliphatic hydroxyl groups excluding tert-OH is 1. The first-order valence-electron chi connectivity index (χ1n) is 4.61. The summed E-state index contributed by atoms with van der Waals surface area (Å²) >= 11 is 0. The van der Waals surface area contributed by atoms with E-state index in [0.29, 0.717) is 18.4 Å². The summed E-state index contributed by atoms with van der Waals surface area (Å²) in [4.78, 5) is 9.57. The van der Waals surface area contributed by atoms with E-state index in [-0.39, 0.29) is 0 Å². The van der Waals surface area contributed by atoms with Crippen molar-refractivity contribution in [1.82, 2.24) is 0 Å². The molecule has 0 aliphatic heterocycles. The maximum atomic E-state index is 13.1. The molecule has 0 saturated heterocycles. The van der Waals surface area contributed by atoms with E-state index in [0.717, 1.165) is 12.1 Å². The van der Waals surface area contributed by atoms with Crippen molar-refractivity contribution in [2.24, 2.45) is 0 Å². The highest BCUT2D eigenvalue weighted by Gasteiger charge is 2.13. The highest BCUT2D eigenvalue weighted by molar-refractivity contribution is 5.35. The fourth-order valence-corrected chi connectivity index (χ4v) is 1.23. The Morgan fingerprint density at radius 2 is 2.27 bits per heavy atom. The average Bonchev–Trinajstić information content (AvgIpc) is 2.14. The third-order valence-electron chi connectivity index (χ3n) is 2.06. The molecular formula is C10H12FNO3. The van der Waals surface area contributed by atoms with Gasteiger partial charge in [0.05, 0.1) is 11.0 Å². The standard InChI is InChI=1S/C10H12FNO3/c1-7(13)2-3-8-4-5-10(12(14)15)9(11)6-8/h4-7,13H,2-3H2,1H3. The molecule has 0 aliphatic rings. The molecule has 1 unspecified atom stereocenters. The van der Waals surface area contributed by atoms with Crippen molar-refractivity contribution in [2.75, 3.05) is 0 Å². The van der Waals surface area contributed by atoms with Crippen LogP contribution < -0.4 is 0 Å². The third-order valence-corrected chi connectivity index (χ3v) is 2.06. The van der Waals surface area contributed by atoms with E-state index in [4.69, 9.17) is 5.11 Å². The number of hydrogen-bond donors (Lipinski definition) is 1. The molecule has 5 heteroatoms. The first kappa shape index (κ1) is 11.6. The molecule has 0 amide bonds. The molecule has 0 heterocycles. The van der Waals surface area contributed by atoms with Crippen molar-refractivity contribution in [3.8, 4) is 0 Å². The van der Waals surface area contributed by atoms with E-state index >= 15 is 0 Å². The highest BCUT2D eigenvalue weighted by Crippen LogP contribution is 2.18. The highest BCUT2D eigenvalue weighted by atomic mass is 19.1. The lowest BCUT2D eigenvalue weighted by atomic mass is 10.1. The van der Waals surface area contributed by atoms with Crippen LogP contribution in [0.2, 0.25) is 0 Å². The van der Waals surface area contributed by atoms with Crippen LogP contribution in [0.4, 0.5) is 10.1 Å². The van der Waals surface area contributed by atoms with Crippen molar-refractivity contribution in [1.29, 1.82) is 0 Å². The van der Waals surface area contributed by atoms with Crippen LogP contribution in [0.5, 0.6) is 0 Å². The number of aryl methyl sites for hydroxylation is 1. The maximum Gasteiger partial charge on any atom is 0.304 e. The van der Waals surface area contributed by atoms with E-state index in [1.807, 2.05) is 0 Å². The Morgan fingerprint density at radius 1 is 1.60 bits per heavy atom. The second-order valence-corrected chi connectivity index (χ2v) is 3.43. The molecule has 0 radical (unpaired) electrons. The molecule has 0 aromatic heterocycles. The number of nitro benzene ring substituents is 1. The molecule has 1 atom stereocenters. The molecule has 0 bridgehead atoms. The van der Waals surface area contributed by atoms with Gasteiger partial charge in [0.2, 0.25) is 5.82 Å². The lowest BCUT2D eigenvalue weighted by Crippen LogP contribution is -2.02. The summed E-state index contributed by atoms with van der Waals surface area (Å²) in [6.07, 6.45) is 0.562. The molecule has 0 spiro atoms.